The lowest BCUT2D eigenvalue weighted by molar-refractivity contribution is -0.137. The van der Waals surface area contributed by atoms with Crippen molar-refractivity contribution in [1.82, 2.24) is 15.2 Å². The van der Waals surface area contributed by atoms with E-state index < -0.39 is 30.2 Å². The maximum atomic E-state index is 13.5. The first-order valence-corrected chi connectivity index (χ1v) is 14.5. The van der Waals surface area contributed by atoms with Gasteiger partial charge in [0.05, 0.1) is 35.8 Å². The van der Waals surface area contributed by atoms with E-state index in [-0.39, 0.29) is 23.8 Å². The van der Waals surface area contributed by atoms with E-state index in [1.807, 2.05) is 35.2 Å². The molecule has 10 nitrogen and oxygen atoms in total. The van der Waals surface area contributed by atoms with E-state index in [0.29, 0.717) is 48.7 Å². The van der Waals surface area contributed by atoms with Crippen LogP contribution in [0.4, 0.5) is 15.8 Å². The van der Waals surface area contributed by atoms with Gasteiger partial charge >= 0.3 is 5.97 Å². The Morgan fingerprint density at radius 2 is 1.60 bits per heavy atom. The first-order chi connectivity index (χ1) is 21.8. The molecule has 1 aromatic heterocycles. The number of hydrogen-bond donors (Lipinski definition) is 3. The van der Waals surface area contributed by atoms with Crippen LogP contribution in [0.1, 0.15) is 44.3 Å². The zero-order chi connectivity index (χ0) is 31.8. The van der Waals surface area contributed by atoms with E-state index in [9.17, 15) is 28.7 Å². The van der Waals surface area contributed by atoms with E-state index in [1.165, 1.54) is 30.5 Å². The second kappa shape index (κ2) is 14.3. The Hall–Kier alpha value is -5.58. The van der Waals surface area contributed by atoms with Crippen LogP contribution in [0.5, 0.6) is 0 Å². The highest BCUT2D eigenvalue weighted by Gasteiger charge is 2.25. The summed E-state index contributed by atoms with van der Waals surface area (Å²) in [5.74, 6) is -2.55. The van der Waals surface area contributed by atoms with Gasteiger partial charge in [0.25, 0.3) is 11.8 Å². The standard InChI is InChI=1S/C34H32FN5O5/c35-27-11-8-24(9-12-27)28(21-32(42)43)38-33(44)25-10-13-30(29(20-25)37-31(41)19-23-5-2-1-3-6-23)39-15-17-40(18-16-39)34(45)26-7-4-14-36-22-26/h1-14,20,22,28H,15-19,21H2,(H,37,41)(H,38,44)(H,42,43). The summed E-state index contributed by atoms with van der Waals surface area (Å²) >= 11 is 0. The Kier molecular flexibility index (Phi) is 9.78. The van der Waals surface area contributed by atoms with Crippen LogP contribution in [0.2, 0.25) is 0 Å². The number of aliphatic carboxylic acids is 1. The first kappa shape index (κ1) is 30.9. The van der Waals surface area contributed by atoms with Crippen molar-refractivity contribution in [1.29, 1.82) is 0 Å². The Morgan fingerprint density at radius 3 is 2.27 bits per heavy atom. The summed E-state index contributed by atoms with van der Waals surface area (Å²) in [5.41, 5.74) is 3.07. The molecule has 0 bridgehead atoms. The van der Waals surface area contributed by atoms with E-state index >= 15 is 0 Å². The molecule has 1 aliphatic rings. The minimum Gasteiger partial charge on any atom is -0.481 e. The van der Waals surface area contributed by atoms with E-state index in [0.717, 1.165) is 5.56 Å². The zero-order valence-electron chi connectivity index (χ0n) is 24.4. The minimum atomic E-state index is -1.13. The third-order valence-corrected chi connectivity index (χ3v) is 7.51. The van der Waals surface area contributed by atoms with Gasteiger partial charge in [0.2, 0.25) is 5.91 Å². The van der Waals surface area contributed by atoms with Gasteiger partial charge in [-0.05, 0) is 53.6 Å². The lowest BCUT2D eigenvalue weighted by Crippen LogP contribution is -2.49. The number of amides is 3. The number of piperazine rings is 1. The summed E-state index contributed by atoms with van der Waals surface area (Å²) in [5, 5.41) is 15.1. The molecule has 1 atom stereocenters. The van der Waals surface area contributed by atoms with Gasteiger partial charge in [-0.2, -0.15) is 0 Å². The number of pyridine rings is 1. The molecule has 1 aliphatic heterocycles. The maximum Gasteiger partial charge on any atom is 0.305 e. The summed E-state index contributed by atoms with van der Waals surface area (Å²) in [4.78, 5) is 58.8. The Morgan fingerprint density at radius 1 is 0.867 bits per heavy atom. The van der Waals surface area contributed by atoms with Gasteiger partial charge in [-0.15, -0.1) is 0 Å². The van der Waals surface area contributed by atoms with E-state index in [4.69, 9.17) is 0 Å². The molecule has 3 N–H and O–H groups in total. The van der Waals surface area contributed by atoms with Crippen LogP contribution in [-0.4, -0.2) is 64.9 Å². The normalized spacial score (nSPS) is 13.5. The lowest BCUT2D eigenvalue weighted by atomic mass is 10.0. The molecule has 1 fully saturated rings. The molecule has 230 valence electrons. The largest absolute Gasteiger partial charge is 0.481 e. The van der Waals surface area contributed by atoms with Crippen LogP contribution in [0, 0.1) is 5.82 Å². The van der Waals surface area contributed by atoms with Crippen molar-refractivity contribution < 1.29 is 28.7 Å². The van der Waals surface area contributed by atoms with Gasteiger partial charge in [-0.25, -0.2) is 4.39 Å². The zero-order valence-corrected chi connectivity index (χ0v) is 24.4. The highest BCUT2D eigenvalue weighted by molar-refractivity contribution is 6.01. The Bertz CT molecular complexity index is 1660. The summed E-state index contributed by atoms with van der Waals surface area (Å²) in [6, 6.07) is 22.0. The molecule has 45 heavy (non-hydrogen) atoms. The summed E-state index contributed by atoms with van der Waals surface area (Å²) < 4.78 is 13.5. The maximum absolute atomic E-state index is 13.5. The van der Waals surface area contributed by atoms with Gasteiger partial charge in [-0.1, -0.05) is 42.5 Å². The molecule has 1 unspecified atom stereocenters. The second-order valence-corrected chi connectivity index (χ2v) is 10.6. The number of hydrogen-bond acceptors (Lipinski definition) is 6. The average Bonchev–Trinajstić information content (AvgIpc) is 3.05. The van der Waals surface area contributed by atoms with Gasteiger partial charge in [-0.3, -0.25) is 24.2 Å². The topological polar surface area (TPSA) is 132 Å². The number of carbonyl (C=O) groups excluding carboxylic acids is 3. The Balaban J connectivity index is 1.37. The molecule has 1 saturated heterocycles. The number of benzene rings is 3. The molecular weight excluding hydrogens is 577 g/mol. The molecular formula is C34H32FN5O5. The number of aromatic nitrogens is 1. The van der Waals surface area contributed by atoms with E-state index in [1.54, 1.807) is 41.4 Å². The number of carboxylic acid groups (broad SMARTS) is 1. The molecule has 0 radical (unpaired) electrons. The van der Waals surface area contributed by atoms with E-state index in [2.05, 4.69) is 15.6 Å². The summed E-state index contributed by atoms with van der Waals surface area (Å²) in [7, 11) is 0. The number of rotatable bonds is 10. The average molecular weight is 610 g/mol. The second-order valence-electron chi connectivity index (χ2n) is 10.6. The fourth-order valence-corrected chi connectivity index (χ4v) is 5.21. The van der Waals surface area contributed by atoms with Gasteiger partial charge in [0.15, 0.2) is 0 Å². The molecule has 2 heterocycles. The summed E-state index contributed by atoms with van der Waals surface area (Å²) in [6.07, 6.45) is 2.87. The fraction of sp³-hybridized carbons (Fsp3) is 0.206. The molecule has 5 rings (SSSR count). The lowest BCUT2D eigenvalue weighted by Gasteiger charge is -2.37. The van der Waals surface area contributed by atoms with Gasteiger partial charge < -0.3 is 25.5 Å². The predicted octanol–water partition coefficient (Wildman–Crippen LogP) is 4.31. The van der Waals surface area contributed by atoms with Crippen molar-refractivity contribution >= 4 is 35.1 Å². The number of carbonyl (C=O) groups is 4. The molecule has 0 aliphatic carbocycles. The van der Waals surface area contributed by atoms with Crippen molar-refractivity contribution in [3.05, 3.63) is 125 Å². The molecule has 0 spiro atoms. The molecule has 0 saturated carbocycles. The highest BCUT2D eigenvalue weighted by atomic mass is 19.1. The van der Waals surface area contributed by atoms with Crippen LogP contribution in [0.25, 0.3) is 0 Å². The fourth-order valence-electron chi connectivity index (χ4n) is 5.21. The smallest absolute Gasteiger partial charge is 0.305 e. The monoisotopic (exact) mass is 609 g/mol. The number of carboxylic acids is 1. The molecule has 3 aromatic carbocycles. The number of anilines is 2. The quantitative estimate of drug-likeness (QED) is 0.244. The minimum absolute atomic E-state index is 0.108. The third kappa shape index (κ3) is 8.08. The predicted molar refractivity (Wildman–Crippen MR) is 166 cm³/mol. The number of nitrogens with one attached hydrogen (secondary N) is 2. The Labute approximate surface area is 259 Å². The summed E-state index contributed by atoms with van der Waals surface area (Å²) in [6.45, 7) is 1.87. The SMILES string of the molecule is O=C(O)CC(NC(=O)c1ccc(N2CCN(C(=O)c3cccnc3)CC2)c(NC(=O)Cc2ccccc2)c1)c1ccc(F)cc1. The van der Waals surface area contributed by atoms with Gasteiger partial charge in [0, 0.05) is 44.1 Å². The first-order valence-electron chi connectivity index (χ1n) is 14.5. The number of halogens is 1. The van der Waals surface area contributed by atoms with Crippen molar-refractivity contribution in [2.75, 3.05) is 36.4 Å². The van der Waals surface area contributed by atoms with Crippen LogP contribution >= 0.6 is 0 Å². The molecule has 11 heteroatoms. The van der Waals surface area contributed by atoms with Crippen LogP contribution in [0.3, 0.4) is 0 Å². The van der Waals surface area contributed by atoms with Crippen LogP contribution in [-0.2, 0) is 16.0 Å². The molecule has 4 aromatic rings. The van der Waals surface area contributed by atoms with Crippen molar-refractivity contribution in [2.24, 2.45) is 0 Å². The van der Waals surface area contributed by atoms with Crippen molar-refractivity contribution in [3.8, 4) is 0 Å². The van der Waals surface area contributed by atoms with Gasteiger partial charge in [0.1, 0.15) is 5.82 Å². The number of nitrogens with zero attached hydrogens (tertiary/aromatic N) is 3. The molecule has 3 amide bonds. The van der Waals surface area contributed by atoms with Crippen molar-refractivity contribution in [2.45, 2.75) is 18.9 Å². The van der Waals surface area contributed by atoms with Crippen LogP contribution < -0.4 is 15.5 Å². The van der Waals surface area contributed by atoms with Crippen molar-refractivity contribution in [3.63, 3.8) is 0 Å². The highest BCUT2D eigenvalue weighted by Crippen LogP contribution is 2.30. The third-order valence-electron chi connectivity index (χ3n) is 7.51. The van der Waals surface area contributed by atoms with Crippen LogP contribution in [0.15, 0.2) is 97.3 Å².